The maximum atomic E-state index is 15.2. The minimum Gasteiger partial charge on any atom is -0.380 e. The molecule has 6 saturated heterocycles. The van der Waals surface area contributed by atoms with Gasteiger partial charge in [0.05, 0.1) is 79.2 Å². The van der Waals surface area contributed by atoms with Crippen molar-refractivity contribution in [1.82, 2.24) is 63.6 Å². The number of likely N-dealkylation sites (tertiary alicyclic amines) is 5. The molecule has 11 aliphatic rings. The molecular weight excluding hydrogens is 1720 g/mol. The molecule has 14 heterocycles. The molecule has 4 aromatic heterocycles. The third-order valence-corrected chi connectivity index (χ3v) is 31.5. The summed E-state index contributed by atoms with van der Waals surface area (Å²) >= 11 is 0. The van der Waals surface area contributed by atoms with Crippen LogP contribution < -0.4 is 19.6 Å². The van der Waals surface area contributed by atoms with Gasteiger partial charge in [-0.15, -0.1) is 0 Å². The molecule has 1 saturated carbocycles. The lowest BCUT2D eigenvalue weighted by molar-refractivity contribution is -0.126. The largest absolute Gasteiger partial charge is 0.380 e. The lowest BCUT2D eigenvalue weighted by Crippen LogP contribution is -2.53. The molecule has 0 bridgehead atoms. The average molecular weight is 1840 g/mol. The quantitative estimate of drug-likeness (QED) is 0.0786. The van der Waals surface area contributed by atoms with Gasteiger partial charge in [0.1, 0.15) is 23.3 Å². The van der Waals surface area contributed by atoms with E-state index in [0.29, 0.717) is 46.3 Å². The van der Waals surface area contributed by atoms with Gasteiger partial charge in [-0.2, -0.15) is 20.4 Å². The van der Waals surface area contributed by atoms with Gasteiger partial charge in [-0.05, 0) is 242 Å². The number of nitrogens with zero attached hydrogens (tertiary/aromatic N) is 17. The second kappa shape index (κ2) is 38.1. The summed E-state index contributed by atoms with van der Waals surface area (Å²) in [7, 11) is 9.56. The molecule has 8 aromatic carbocycles. The molecule has 706 valence electrons. The Morgan fingerprint density at radius 1 is 0.346 bits per heavy atom. The maximum absolute atomic E-state index is 15.2. The van der Waals surface area contributed by atoms with Gasteiger partial charge in [-0.1, -0.05) is 148 Å². The number of carbonyl (C=O) groups excluding carboxylic acids is 4. The fourth-order valence-corrected chi connectivity index (χ4v) is 24.1. The van der Waals surface area contributed by atoms with Crippen molar-refractivity contribution in [2.75, 3.05) is 112 Å². The minimum atomic E-state index is -0.516. The summed E-state index contributed by atoms with van der Waals surface area (Å²) in [6.07, 6.45) is 28.8. The van der Waals surface area contributed by atoms with E-state index in [-0.39, 0.29) is 73.1 Å². The van der Waals surface area contributed by atoms with Crippen LogP contribution in [0, 0.1) is 29.2 Å². The Kier molecular flexibility index (Phi) is 25.7. The first-order chi connectivity index (χ1) is 65.9. The van der Waals surface area contributed by atoms with Crippen molar-refractivity contribution in [2.45, 2.75) is 170 Å². The van der Waals surface area contributed by atoms with Crippen LogP contribution >= 0.6 is 0 Å². The summed E-state index contributed by atoms with van der Waals surface area (Å²) in [5, 5.41) is 16.7. The van der Waals surface area contributed by atoms with E-state index in [1.807, 2.05) is 160 Å². The van der Waals surface area contributed by atoms with E-state index in [9.17, 15) is 19.2 Å². The van der Waals surface area contributed by atoms with Gasteiger partial charge in [0.15, 0.2) is 0 Å². The highest BCUT2D eigenvalue weighted by Crippen LogP contribution is 2.54. The highest BCUT2D eigenvalue weighted by Gasteiger charge is 2.58. The van der Waals surface area contributed by atoms with Gasteiger partial charge < -0.3 is 43.9 Å². The van der Waals surface area contributed by atoms with Crippen molar-refractivity contribution >= 4 is 46.4 Å². The Labute approximate surface area is 794 Å². The van der Waals surface area contributed by atoms with Gasteiger partial charge >= 0.3 is 0 Å². The van der Waals surface area contributed by atoms with Crippen molar-refractivity contribution in [3.63, 3.8) is 0 Å². The number of para-hydroxylation sites is 4. The number of hydrogen-bond acceptors (Lipinski definition) is 14. The predicted octanol–water partition coefficient (Wildman–Crippen LogP) is 17.5. The molecule has 2 atom stereocenters. The van der Waals surface area contributed by atoms with E-state index in [0.717, 1.165) is 226 Å². The summed E-state index contributed by atoms with van der Waals surface area (Å²) in [4.78, 5) is 75.4. The number of benzene rings is 8. The van der Waals surface area contributed by atoms with Crippen LogP contribution in [0.2, 0.25) is 0 Å². The van der Waals surface area contributed by atoms with Gasteiger partial charge in [0.2, 0.25) is 23.6 Å². The zero-order chi connectivity index (χ0) is 93.9. The maximum Gasteiger partial charge on any atom is 0.239 e. The highest BCUT2D eigenvalue weighted by molar-refractivity contribution is 6.11. The number of rotatable bonds is 17. The standard InChI is InChI=1S/C29H34FN5O.C28H31FN4O.C27H29FN4O2.C26H29FN4O/c1-32-13-9-24(10-14-32)34-15-11-29(12-16-34)25-5-3-4-6-27(25)35(28(29)36)20-22-8-7-21(17-26(22)30)23-18-31-33(2)19-23;1-31-18-22(17-30-31)20-10-11-21(25(29)16-20)19-33-26-9-5-4-8-24(26)28(27(33)34)12-14-32(15-13-28)23-6-2-3-7-23;1-30-16-21(15-29-30)19-6-7-20(24(28)14-19)17-32-25-5-3-2-4-23(25)27(26(32)33)9-11-31(12-10-27)22-8-13-34-18-22;1-18(2)14-30-11-10-26(17-30)22-6-4-5-7-24(22)31(25(26)32)16-20-9-8-19(12-23(20)27)21-13-28-29(3)15-21/h3-8,17-19,24H,9-16,20H2,1-2H3;4-5,8-11,16-18,23H,2-3,6-7,12-15,19H2,1H3;2-7,14-16,22H,8-13,17-18H2,1H3;4-9,12-13,15,18H,10-11,14,16-17H2,1-3H3. The lowest BCUT2D eigenvalue weighted by atomic mass is 9.73. The monoisotopic (exact) mass is 1840 g/mol. The lowest BCUT2D eigenvalue weighted by Gasteiger charge is -2.44. The number of amides is 4. The second-order valence-corrected chi connectivity index (χ2v) is 40.3. The molecule has 2 unspecified atom stereocenters. The normalized spacial score (nSPS) is 21.0. The van der Waals surface area contributed by atoms with Crippen molar-refractivity contribution in [2.24, 2.45) is 34.1 Å². The number of ether oxygens (including phenoxy) is 1. The first-order valence-electron chi connectivity index (χ1n) is 48.9. The van der Waals surface area contributed by atoms with Crippen LogP contribution in [-0.4, -0.2) is 198 Å². The number of aromatic nitrogens is 8. The molecule has 7 fully saturated rings. The Morgan fingerprint density at radius 3 is 0.934 bits per heavy atom. The number of carbonyl (C=O) groups is 4. The molecular formula is C110H123F4N17O5. The summed E-state index contributed by atoms with van der Waals surface area (Å²) in [6.45, 7) is 17.5. The molecule has 1 aliphatic carbocycles. The van der Waals surface area contributed by atoms with Gasteiger partial charge in [-0.25, -0.2) is 17.6 Å². The Morgan fingerprint density at radius 2 is 0.640 bits per heavy atom. The van der Waals surface area contributed by atoms with E-state index >= 15 is 17.6 Å². The number of piperidine rings is 4. The highest BCUT2D eigenvalue weighted by atomic mass is 19.1. The first-order valence-corrected chi connectivity index (χ1v) is 48.9. The van der Waals surface area contributed by atoms with E-state index in [1.54, 1.807) is 89.7 Å². The van der Waals surface area contributed by atoms with Crippen LogP contribution in [0.25, 0.3) is 44.5 Å². The minimum absolute atomic E-state index is 0.0979. The van der Waals surface area contributed by atoms with E-state index in [2.05, 4.69) is 90.1 Å². The summed E-state index contributed by atoms with van der Waals surface area (Å²) < 4.78 is 73.1. The number of aryl methyl sites for hydroxylation is 4. The van der Waals surface area contributed by atoms with Crippen molar-refractivity contribution in [3.8, 4) is 44.5 Å². The van der Waals surface area contributed by atoms with E-state index in [4.69, 9.17) is 4.74 Å². The molecule has 12 aromatic rings. The Hall–Kier alpha value is -12.0. The molecule has 4 amide bonds. The fraction of sp³-hybridized carbons (Fsp3) is 0.418. The summed E-state index contributed by atoms with van der Waals surface area (Å²) in [5.41, 5.74) is 14.9. The van der Waals surface area contributed by atoms with Crippen molar-refractivity contribution in [1.29, 1.82) is 0 Å². The Balaban J connectivity index is 0.000000112. The smallest absolute Gasteiger partial charge is 0.239 e. The van der Waals surface area contributed by atoms with Gasteiger partial charge in [0.25, 0.3) is 0 Å². The summed E-state index contributed by atoms with van der Waals surface area (Å²) in [5.74, 6) is -0.164. The van der Waals surface area contributed by atoms with Crippen LogP contribution in [0.3, 0.4) is 0 Å². The summed E-state index contributed by atoms with van der Waals surface area (Å²) in [6, 6.07) is 55.2. The van der Waals surface area contributed by atoms with Crippen LogP contribution in [0.5, 0.6) is 0 Å². The molecule has 26 heteroatoms. The van der Waals surface area contributed by atoms with E-state index in [1.165, 1.54) is 50.7 Å². The number of halogens is 4. The first kappa shape index (κ1) is 91.7. The van der Waals surface area contributed by atoms with Gasteiger partial charge in [-0.3, -0.25) is 42.8 Å². The average Bonchev–Trinajstić information content (AvgIpc) is 1.56. The fourth-order valence-electron chi connectivity index (χ4n) is 24.1. The molecule has 136 heavy (non-hydrogen) atoms. The topological polar surface area (TPSA) is 178 Å². The van der Waals surface area contributed by atoms with Crippen LogP contribution in [-0.2, 0) is 99.9 Å². The second-order valence-electron chi connectivity index (χ2n) is 40.3. The molecule has 0 N–H and O–H groups in total. The number of hydrogen-bond donors (Lipinski definition) is 0. The third-order valence-electron chi connectivity index (χ3n) is 31.5. The molecule has 10 aliphatic heterocycles. The molecule has 4 spiro atoms. The van der Waals surface area contributed by atoms with Crippen LogP contribution in [0.4, 0.5) is 40.3 Å². The van der Waals surface area contributed by atoms with Crippen LogP contribution in [0.15, 0.2) is 219 Å². The number of fused-ring (bicyclic) bond motifs is 8. The van der Waals surface area contributed by atoms with Crippen molar-refractivity contribution < 1.29 is 41.5 Å². The molecule has 0 radical (unpaired) electrons. The zero-order valence-electron chi connectivity index (χ0n) is 79.2. The molecule has 23 rings (SSSR count). The van der Waals surface area contributed by atoms with Gasteiger partial charge in [0, 0.05) is 158 Å². The van der Waals surface area contributed by atoms with Crippen molar-refractivity contribution in [3.05, 3.63) is 287 Å². The number of anilines is 4. The van der Waals surface area contributed by atoms with Crippen LogP contribution in [0.1, 0.15) is 148 Å². The Bertz CT molecular complexity index is 6220. The predicted molar refractivity (Wildman–Crippen MR) is 522 cm³/mol. The van der Waals surface area contributed by atoms with E-state index < -0.39 is 21.7 Å². The third kappa shape index (κ3) is 17.5. The SMILES string of the molecule is CC(C)CN1CCC2(C1)C(=O)N(Cc1ccc(-c3cnn(C)c3)cc1F)c1ccccc12.CN1CCC(N2CCC3(CC2)C(=O)N(Cc2ccc(-c4cnn(C)c4)cc2F)c2ccccc23)CC1.Cn1cc(-c2ccc(CN3C(=O)C4(CCN(C5CCCC5)CC4)c4ccccc43)c(F)c2)cn1.Cn1cc(-c2ccc(CN3C(=O)C4(CCN(C5CCOC5)CC4)c4ccccc43)c(F)c2)cn1. The molecule has 22 nitrogen and oxygen atoms in total. The zero-order valence-corrected chi connectivity index (χ0v) is 79.2.